The van der Waals surface area contributed by atoms with Crippen LogP contribution < -0.4 is 4.90 Å². The van der Waals surface area contributed by atoms with Gasteiger partial charge in [-0.1, -0.05) is 91.5 Å². The van der Waals surface area contributed by atoms with E-state index in [1.807, 2.05) is 0 Å². The van der Waals surface area contributed by atoms with Gasteiger partial charge in [-0.2, -0.15) is 0 Å². The van der Waals surface area contributed by atoms with Crippen LogP contribution in [0.5, 0.6) is 0 Å². The van der Waals surface area contributed by atoms with Crippen molar-refractivity contribution in [1.82, 2.24) is 4.57 Å². The molecule has 3 aliphatic rings. The molecule has 2 heteroatoms. The van der Waals surface area contributed by atoms with Gasteiger partial charge in [0.2, 0.25) is 0 Å². The summed E-state index contributed by atoms with van der Waals surface area (Å²) < 4.78 is 2.55. The minimum Gasteiger partial charge on any atom is -0.316 e. The number of nitrogens with zero attached hydrogens (tertiary/aromatic N) is 2. The summed E-state index contributed by atoms with van der Waals surface area (Å²) in [6.07, 6.45) is 16.3. The minimum absolute atomic E-state index is 0.901. The van der Waals surface area contributed by atoms with Crippen LogP contribution in [0.2, 0.25) is 0 Å². The molecule has 1 aromatic heterocycles. The van der Waals surface area contributed by atoms with Crippen LogP contribution in [0.25, 0.3) is 39.4 Å². The van der Waals surface area contributed by atoms with E-state index in [4.69, 9.17) is 0 Å². The Balaban J connectivity index is 1.62. The zero-order chi connectivity index (χ0) is 25.9. The van der Waals surface area contributed by atoms with Crippen molar-refractivity contribution in [2.75, 3.05) is 4.90 Å². The van der Waals surface area contributed by atoms with Crippen LogP contribution in [0.15, 0.2) is 122 Å². The van der Waals surface area contributed by atoms with Gasteiger partial charge in [0.15, 0.2) is 0 Å². The average molecular weight is 501 g/mol. The number of hydrogen-bond acceptors (Lipinski definition) is 1. The summed E-state index contributed by atoms with van der Waals surface area (Å²) in [4.78, 5) is 2.38. The second kappa shape index (κ2) is 8.61. The van der Waals surface area contributed by atoms with Gasteiger partial charge < -0.3 is 9.47 Å². The van der Waals surface area contributed by atoms with Crippen LogP contribution in [0.3, 0.4) is 0 Å². The Labute approximate surface area is 229 Å². The second-order valence-electron chi connectivity index (χ2n) is 10.5. The summed E-state index contributed by atoms with van der Waals surface area (Å²) in [6, 6.07) is 30.6. The predicted octanol–water partition coefficient (Wildman–Crippen LogP) is 9.40. The molecule has 2 nitrogen and oxygen atoms in total. The first-order chi connectivity index (χ1) is 19.3. The highest BCUT2D eigenvalue weighted by molar-refractivity contribution is 6.15. The summed E-state index contributed by atoms with van der Waals surface area (Å²) in [5, 5.41) is 1.31. The summed E-state index contributed by atoms with van der Waals surface area (Å²) in [5.74, 6) is 0. The normalized spacial score (nSPS) is 16.7. The molecule has 5 aromatic rings. The van der Waals surface area contributed by atoms with Crippen molar-refractivity contribution in [3.8, 4) is 16.8 Å². The first-order valence-corrected chi connectivity index (χ1v) is 13.8. The van der Waals surface area contributed by atoms with Crippen molar-refractivity contribution in [3.63, 3.8) is 0 Å². The van der Waals surface area contributed by atoms with Crippen LogP contribution in [-0.4, -0.2) is 4.57 Å². The van der Waals surface area contributed by atoms with Crippen molar-refractivity contribution in [2.24, 2.45) is 0 Å². The first-order valence-electron chi connectivity index (χ1n) is 13.8. The van der Waals surface area contributed by atoms with Gasteiger partial charge in [0.05, 0.1) is 11.2 Å². The molecule has 2 aliphatic carbocycles. The zero-order valence-electron chi connectivity index (χ0n) is 21.8. The number of allylic oxidation sites excluding steroid dienone is 5. The molecular weight excluding hydrogens is 472 g/mol. The van der Waals surface area contributed by atoms with Gasteiger partial charge in [0.1, 0.15) is 0 Å². The quantitative estimate of drug-likeness (QED) is 0.230. The SMILES string of the molecule is C=C1/C=C\C=C/N(c2ccccc2)c2c3c(c4c(c5c(n4-c4ccccc4)CCC=C5)c21)-c1ccccc1C3. The molecule has 0 bridgehead atoms. The number of aromatic nitrogens is 1. The third kappa shape index (κ3) is 3.21. The Hall–Kier alpha value is -4.82. The lowest BCUT2D eigenvalue weighted by Gasteiger charge is -2.29. The van der Waals surface area contributed by atoms with E-state index in [1.165, 1.54) is 61.4 Å². The molecule has 2 heterocycles. The molecular formula is C37H28N2. The number of rotatable bonds is 2. The highest BCUT2D eigenvalue weighted by Gasteiger charge is 2.34. The molecule has 0 unspecified atom stereocenters. The molecule has 0 saturated heterocycles. The van der Waals surface area contributed by atoms with Gasteiger partial charge in [-0.05, 0) is 65.4 Å². The molecule has 186 valence electrons. The van der Waals surface area contributed by atoms with E-state index >= 15 is 0 Å². The van der Waals surface area contributed by atoms with E-state index < -0.39 is 0 Å². The Kier molecular flexibility index (Phi) is 4.90. The van der Waals surface area contributed by atoms with Gasteiger partial charge in [-0.15, -0.1) is 0 Å². The van der Waals surface area contributed by atoms with E-state index in [-0.39, 0.29) is 0 Å². The molecule has 0 spiro atoms. The largest absolute Gasteiger partial charge is 0.316 e. The number of benzene rings is 4. The minimum atomic E-state index is 0.901. The molecule has 0 radical (unpaired) electrons. The molecule has 1 aliphatic heterocycles. The summed E-state index contributed by atoms with van der Waals surface area (Å²) in [5.41, 5.74) is 15.4. The maximum absolute atomic E-state index is 4.66. The second-order valence-corrected chi connectivity index (χ2v) is 10.5. The zero-order valence-corrected chi connectivity index (χ0v) is 21.8. The van der Waals surface area contributed by atoms with E-state index in [0.29, 0.717) is 0 Å². The third-order valence-electron chi connectivity index (χ3n) is 8.36. The number of anilines is 2. The fourth-order valence-electron chi connectivity index (χ4n) is 6.79. The first kappa shape index (κ1) is 22.2. The lowest BCUT2D eigenvalue weighted by atomic mass is 9.88. The van der Waals surface area contributed by atoms with Crippen molar-refractivity contribution in [1.29, 1.82) is 0 Å². The average Bonchev–Trinajstić information content (AvgIpc) is 3.53. The Morgan fingerprint density at radius 3 is 2.28 bits per heavy atom. The standard InChI is InChI=1S/C37H28N2/c1-25-14-12-13-23-38(27-16-4-2-5-17-27)36-31-24-26-15-8-9-20-29(26)34(31)37-35(33(25)36)30-21-10-11-22-32(30)39(37)28-18-6-3-7-19-28/h2-10,12-21,23H,1,11,22,24H2/b14-12-,23-13-. The van der Waals surface area contributed by atoms with Crippen LogP contribution >= 0.6 is 0 Å². The lowest BCUT2D eigenvalue weighted by molar-refractivity contribution is 0.889. The van der Waals surface area contributed by atoms with Gasteiger partial charge in [-0.25, -0.2) is 0 Å². The molecule has 0 fully saturated rings. The molecule has 0 N–H and O–H groups in total. The van der Waals surface area contributed by atoms with E-state index in [0.717, 1.165) is 30.5 Å². The van der Waals surface area contributed by atoms with Gasteiger partial charge >= 0.3 is 0 Å². The van der Waals surface area contributed by atoms with E-state index in [9.17, 15) is 0 Å². The predicted molar refractivity (Wildman–Crippen MR) is 165 cm³/mol. The number of fused-ring (bicyclic) bond motifs is 10. The lowest BCUT2D eigenvalue weighted by Crippen LogP contribution is -2.14. The maximum Gasteiger partial charge on any atom is 0.0626 e. The number of para-hydroxylation sites is 2. The highest BCUT2D eigenvalue weighted by atomic mass is 15.1. The van der Waals surface area contributed by atoms with Crippen LogP contribution in [0.4, 0.5) is 11.4 Å². The van der Waals surface area contributed by atoms with Crippen molar-refractivity contribution >= 4 is 33.9 Å². The third-order valence-corrected chi connectivity index (χ3v) is 8.36. The molecule has 0 saturated carbocycles. The van der Waals surface area contributed by atoms with Crippen molar-refractivity contribution < 1.29 is 0 Å². The van der Waals surface area contributed by atoms with E-state index in [1.54, 1.807) is 0 Å². The van der Waals surface area contributed by atoms with Gasteiger partial charge in [0, 0.05) is 51.8 Å². The van der Waals surface area contributed by atoms with Crippen LogP contribution in [0.1, 0.15) is 34.4 Å². The summed E-state index contributed by atoms with van der Waals surface area (Å²) in [7, 11) is 0. The van der Waals surface area contributed by atoms with Crippen molar-refractivity contribution in [2.45, 2.75) is 19.3 Å². The Bertz CT molecular complexity index is 1880. The topological polar surface area (TPSA) is 8.17 Å². The van der Waals surface area contributed by atoms with Gasteiger partial charge in [-0.3, -0.25) is 0 Å². The van der Waals surface area contributed by atoms with Crippen LogP contribution in [-0.2, 0) is 12.8 Å². The van der Waals surface area contributed by atoms with Gasteiger partial charge in [0.25, 0.3) is 0 Å². The molecule has 4 aromatic carbocycles. The number of hydrogen-bond donors (Lipinski definition) is 0. The summed E-state index contributed by atoms with van der Waals surface area (Å²) in [6.45, 7) is 4.66. The monoisotopic (exact) mass is 500 g/mol. The molecule has 39 heavy (non-hydrogen) atoms. The molecule has 8 rings (SSSR count). The smallest absolute Gasteiger partial charge is 0.0626 e. The Morgan fingerprint density at radius 1 is 0.718 bits per heavy atom. The molecule has 0 atom stereocenters. The molecule has 0 amide bonds. The van der Waals surface area contributed by atoms with E-state index in [2.05, 4.69) is 138 Å². The fourth-order valence-corrected chi connectivity index (χ4v) is 6.79. The van der Waals surface area contributed by atoms with Crippen LogP contribution in [0, 0.1) is 0 Å². The fraction of sp³-hybridized carbons (Fsp3) is 0.0811. The maximum atomic E-state index is 4.66. The summed E-state index contributed by atoms with van der Waals surface area (Å²) >= 11 is 0. The Morgan fingerprint density at radius 2 is 1.46 bits per heavy atom. The highest BCUT2D eigenvalue weighted by Crippen LogP contribution is 2.54. The van der Waals surface area contributed by atoms with Crippen molar-refractivity contribution in [3.05, 3.63) is 150 Å².